The minimum Gasteiger partial charge on any atom is -0.355 e. The fourth-order valence-corrected chi connectivity index (χ4v) is 5.85. The molecule has 0 saturated carbocycles. The molecule has 1 aliphatic rings. The first-order valence-electron chi connectivity index (χ1n) is 13.4. The van der Waals surface area contributed by atoms with Crippen molar-refractivity contribution in [2.75, 3.05) is 23.5 Å². The molecule has 3 heterocycles. The van der Waals surface area contributed by atoms with Gasteiger partial charge in [0.15, 0.2) is 0 Å². The number of aromatic nitrogens is 2. The second-order valence-electron chi connectivity index (χ2n) is 11.0. The number of rotatable bonds is 4. The Morgan fingerprint density at radius 3 is 2.35 bits per heavy atom. The van der Waals surface area contributed by atoms with Gasteiger partial charge in [0.2, 0.25) is 0 Å². The molecular weight excluding hydrogens is 671 g/mol. The summed E-state index contributed by atoms with van der Waals surface area (Å²) in [5, 5.41) is 2.39. The van der Waals surface area contributed by atoms with Crippen LogP contribution in [0.3, 0.4) is 0 Å². The largest absolute Gasteiger partial charge is 2.00 e. The van der Waals surface area contributed by atoms with Gasteiger partial charge < -0.3 is 14.4 Å². The maximum absolute atomic E-state index is 4.74. The second kappa shape index (κ2) is 9.94. The Labute approximate surface area is 250 Å². The minimum absolute atomic E-state index is 0. The summed E-state index contributed by atoms with van der Waals surface area (Å²) < 4.78 is 2.24. The van der Waals surface area contributed by atoms with Crippen molar-refractivity contribution >= 4 is 38.9 Å². The predicted molar refractivity (Wildman–Crippen MR) is 161 cm³/mol. The molecule has 0 atom stereocenters. The Morgan fingerprint density at radius 2 is 1.52 bits per heavy atom. The summed E-state index contributed by atoms with van der Waals surface area (Å²) in [5.41, 5.74) is 8.86. The van der Waals surface area contributed by atoms with E-state index < -0.39 is 0 Å². The molecule has 0 saturated heterocycles. The van der Waals surface area contributed by atoms with Crippen LogP contribution in [0.4, 0.5) is 17.1 Å². The molecule has 0 N–H and O–H groups in total. The average molecular weight is 702 g/mol. The van der Waals surface area contributed by atoms with Crippen LogP contribution < -0.4 is 9.80 Å². The maximum atomic E-state index is 4.74. The van der Waals surface area contributed by atoms with Gasteiger partial charge in [-0.3, -0.25) is 0 Å². The van der Waals surface area contributed by atoms with Gasteiger partial charge in [0, 0.05) is 18.8 Å². The van der Waals surface area contributed by atoms with E-state index in [1.165, 1.54) is 27.7 Å². The number of aryl methyl sites for hydroxylation is 1. The van der Waals surface area contributed by atoms with Crippen LogP contribution in [0.15, 0.2) is 97.2 Å². The number of hydrogen-bond acceptors (Lipinski definition) is 3. The molecule has 200 valence electrons. The van der Waals surface area contributed by atoms with E-state index in [0.717, 1.165) is 40.3 Å². The topological polar surface area (TPSA) is 24.3 Å². The molecule has 0 bridgehead atoms. The van der Waals surface area contributed by atoms with Crippen LogP contribution in [0.2, 0.25) is 0 Å². The minimum atomic E-state index is -0.309. The zero-order valence-corrected chi connectivity index (χ0v) is 25.3. The van der Waals surface area contributed by atoms with Crippen molar-refractivity contribution < 1.29 is 21.1 Å². The van der Waals surface area contributed by atoms with Crippen LogP contribution in [0.1, 0.15) is 30.5 Å². The molecule has 0 fully saturated rings. The Hall–Kier alpha value is -3.88. The number of para-hydroxylation sites is 3. The molecule has 7 rings (SSSR count). The fraction of sp³-hybridized carbons (Fsp3) is 0.171. The number of fused-ring (bicyclic) bond motifs is 4. The first kappa shape index (κ1) is 26.3. The van der Waals surface area contributed by atoms with Crippen LogP contribution in [-0.4, -0.2) is 23.3 Å². The van der Waals surface area contributed by atoms with E-state index in [1.807, 2.05) is 12.3 Å². The van der Waals surface area contributed by atoms with E-state index in [9.17, 15) is 0 Å². The third-order valence-corrected chi connectivity index (χ3v) is 8.07. The summed E-state index contributed by atoms with van der Waals surface area (Å²) in [6, 6.07) is 39.8. The van der Waals surface area contributed by atoms with E-state index in [2.05, 4.69) is 139 Å². The summed E-state index contributed by atoms with van der Waals surface area (Å²) in [4.78, 5) is 9.35. The number of benzene rings is 4. The summed E-state index contributed by atoms with van der Waals surface area (Å²) >= 11 is 0. The molecule has 0 aliphatic carbocycles. The molecule has 0 spiro atoms. The molecule has 5 heteroatoms. The molecule has 1 aliphatic heterocycles. The van der Waals surface area contributed by atoms with Gasteiger partial charge in [-0.05, 0) is 53.6 Å². The summed E-state index contributed by atoms with van der Waals surface area (Å²) in [6.45, 7) is 7.45. The standard InChI is InChI=1S/C35H30N4.Pt/c1-24-18-19-36-34(20-24)39-30-13-6-5-12-28(30)29-17-16-26(22-33(29)39)35(2,3)25-10-9-11-27(21-25)38-23-37(4)31-14-7-8-15-32(31)38;/h5-20H,23H2,1-4H3;/q-2;+2. The van der Waals surface area contributed by atoms with Crippen molar-refractivity contribution in [2.24, 2.45) is 0 Å². The van der Waals surface area contributed by atoms with Crippen molar-refractivity contribution in [3.63, 3.8) is 0 Å². The fourth-order valence-electron chi connectivity index (χ4n) is 5.85. The van der Waals surface area contributed by atoms with Crippen LogP contribution in [0.5, 0.6) is 0 Å². The van der Waals surface area contributed by atoms with Crippen LogP contribution >= 0.6 is 0 Å². The Bertz CT molecular complexity index is 1870. The van der Waals surface area contributed by atoms with E-state index in [0.29, 0.717) is 0 Å². The SMILES string of the molecule is Cc1ccnc(-n2c3[c-]c(C(C)(C)c4[c-]c(N5CN(C)c6ccccc65)ccc4)ccc3c3ccccc32)c1.[Pt+2]. The van der Waals surface area contributed by atoms with Crippen molar-refractivity contribution in [3.8, 4) is 5.82 Å². The maximum Gasteiger partial charge on any atom is 2.00 e. The summed E-state index contributed by atoms with van der Waals surface area (Å²) in [7, 11) is 2.14. The normalized spacial score (nSPS) is 13.1. The molecule has 0 amide bonds. The zero-order valence-electron chi connectivity index (χ0n) is 23.0. The molecule has 40 heavy (non-hydrogen) atoms. The van der Waals surface area contributed by atoms with E-state index in [1.54, 1.807) is 0 Å². The zero-order chi connectivity index (χ0) is 26.7. The van der Waals surface area contributed by atoms with Crippen molar-refractivity contribution in [3.05, 3.63) is 126 Å². The quantitative estimate of drug-likeness (QED) is 0.175. The number of hydrogen-bond donors (Lipinski definition) is 0. The van der Waals surface area contributed by atoms with Crippen molar-refractivity contribution in [1.82, 2.24) is 9.55 Å². The Morgan fingerprint density at radius 1 is 0.775 bits per heavy atom. The summed E-state index contributed by atoms with van der Waals surface area (Å²) in [6.07, 6.45) is 1.88. The van der Waals surface area contributed by atoms with Gasteiger partial charge in [0.25, 0.3) is 0 Å². The van der Waals surface area contributed by atoms with Gasteiger partial charge in [-0.1, -0.05) is 55.4 Å². The number of anilines is 3. The Balaban J connectivity index is 0.00000289. The second-order valence-corrected chi connectivity index (χ2v) is 11.0. The molecule has 2 aromatic heterocycles. The van der Waals surface area contributed by atoms with Gasteiger partial charge in [-0.15, -0.1) is 11.5 Å². The van der Waals surface area contributed by atoms with Crippen molar-refractivity contribution in [1.29, 1.82) is 0 Å². The van der Waals surface area contributed by atoms with Crippen LogP contribution in [-0.2, 0) is 26.5 Å². The molecular formula is C35H30N4Pt. The third kappa shape index (κ3) is 4.14. The number of pyridine rings is 1. The monoisotopic (exact) mass is 701 g/mol. The van der Waals surface area contributed by atoms with Crippen molar-refractivity contribution in [2.45, 2.75) is 26.2 Å². The van der Waals surface area contributed by atoms with E-state index >= 15 is 0 Å². The predicted octanol–water partition coefficient (Wildman–Crippen LogP) is 7.96. The van der Waals surface area contributed by atoms with Gasteiger partial charge >= 0.3 is 21.1 Å². The molecule has 4 aromatic carbocycles. The number of nitrogens with zero attached hydrogens (tertiary/aromatic N) is 4. The smallest absolute Gasteiger partial charge is 0.355 e. The third-order valence-electron chi connectivity index (χ3n) is 8.07. The first-order chi connectivity index (χ1) is 18.9. The average Bonchev–Trinajstić information content (AvgIpc) is 3.48. The molecule has 6 aromatic rings. The molecule has 4 nitrogen and oxygen atoms in total. The van der Waals surface area contributed by atoms with E-state index in [4.69, 9.17) is 4.98 Å². The molecule has 0 unspecified atom stereocenters. The van der Waals surface area contributed by atoms with Gasteiger partial charge in [-0.2, -0.15) is 47.5 Å². The Kier molecular flexibility index (Phi) is 6.55. The van der Waals surface area contributed by atoms with Gasteiger partial charge in [-0.25, -0.2) is 4.98 Å². The van der Waals surface area contributed by atoms with Gasteiger partial charge in [0.05, 0.1) is 18.0 Å². The molecule has 0 radical (unpaired) electrons. The van der Waals surface area contributed by atoms with Gasteiger partial charge in [0.1, 0.15) is 5.82 Å². The first-order valence-corrected chi connectivity index (χ1v) is 13.4. The van der Waals surface area contributed by atoms with E-state index in [-0.39, 0.29) is 26.5 Å². The van der Waals surface area contributed by atoms with Crippen LogP contribution in [0.25, 0.3) is 27.6 Å². The summed E-state index contributed by atoms with van der Waals surface area (Å²) in [5.74, 6) is 0.915. The van der Waals surface area contributed by atoms with Crippen LogP contribution in [0, 0.1) is 19.1 Å².